The minimum absolute atomic E-state index is 0.768. The number of aliphatic hydroxyl groups is 1. The molecule has 1 aliphatic rings. The summed E-state index contributed by atoms with van der Waals surface area (Å²) < 4.78 is 30.7. The van der Waals surface area contributed by atoms with Gasteiger partial charge in [0, 0.05) is 6.42 Å². The van der Waals surface area contributed by atoms with E-state index in [1.807, 2.05) is 5.32 Å². The highest BCUT2D eigenvalue weighted by Gasteiger charge is 2.77. The molecule has 0 aliphatic heterocycles. The lowest BCUT2D eigenvalue weighted by atomic mass is 10.2. The van der Waals surface area contributed by atoms with Crippen LogP contribution in [0.3, 0.4) is 0 Å². The third-order valence-corrected chi connectivity index (χ3v) is 2.19. The van der Waals surface area contributed by atoms with Crippen LogP contribution in [0.2, 0.25) is 0 Å². The van der Waals surface area contributed by atoms with Gasteiger partial charge in [0.05, 0.1) is 5.60 Å². The number of hydrogen-bond acceptors (Lipinski definition) is 4. The lowest BCUT2D eigenvalue weighted by molar-refractivity contribution is -0.195. The van der Waals surface area contributed by atoms with Gasteiger partial charge in [-0.2, -0.15) is 0 Å². The fourth-order valence-electron chi connectivity index (χ4n) is 1.31. The molecule has 94 valence electrons. The summed E-state index contributed by atoms with van der Waals surface area (Å²) in [6.07, 6.45) is -2.59. The van der Waals surface area contributed by atoms with Crippen LogP contribution in [-0.4, -0.2) is 39.7 Å². The van der Waals surface area contributed by atoms with E-state index in [0.717, 1.165) is 0 Å². The average molecular weight is 239 g/mol. The number of alkyl halides is 2. The van der Waals surface area contributed by atoms with E-state index in [-0.39, 0.29) is 0 Å². The van der Waals surface area contributed by atoms with E-state index in [4.69, 9.17) is 9.84 Å². The number of ether oxygens (including phenoxy) is 1. The Morgan fingerprint density at radius 1 is 1.50 bits per heavy atom. The summed E-state index contributed by atoms with van der Waals surface area (Å²) in [6, 6.07) is 0. The number of hydrogen-bond donors (Lipinski definition) is 3. The van der Waals surface area contributed by atoms with Crippen LogP contribution in [0.4, 0.5) is 8.78 Å². The molecule has 0 bridgehead atoms. The van der Waals surface area contributed by atoms with Gasteiger partial charge in [0.2, 0.25) is 6.41 Å². The Balaban J connectivity index is 2.63. The number of halogens is 2. The van der Waals surface area contributed by atoms with Crippen molar-refractivity contribution in [2.24, 2.45) is 0 Å². The van der Waals surface area contributed by atoms with Gasteiger partial charge in [0.25, 0.3) is 5.92 Å². The van der Waals surface area contributed by atoms with E-state index in [9.17, 15) is 18.7 Å². The maximum Gasteiger partial charge on any atom is 0.330 e. The second-order valence-corrected chi connectivity index (χ2v) is 4.82. The van der Waals surface area contributed by atoms with Crippen molar-refractivity contribution in [3.05, 3.63) is 0 Å². The van der Waals surface area contributed by atoms with Gasteiger partial charge < -0.3 is 14.9 Å². The van der Waals surface area contributed by atoms with Crippen LogP contribution in [-0.2, 0) is 9.53 Å². The smallest absolute Gasteiger partial charge is 0.330 e. The number of rotatable bonds is 4. The zero-order chi connectivity index (χ0) is 12.8. The number of carboxylic acids is 1. The number of carboxylic acid groups (broad SMARTS) is 1. The number of carbonyl (C=O) groups is 1. The highest BCUT2D eigenvalue weighted by atomic mass is 19.3. The predicted molar refractivity (Wildman–Crippen MR) is 49.9 cm³/mol. The summed E-state index contributed by atoms with van der Waals surface area (Å²) in [5.74, 6) is -5.06. The second-order valence-electron chi connectivity index (χ2n) is 4.82. The van der Waals surface area contributed by atoms with Crippen molar-refractivity contribution in [2.45, 2.75) is 50.7 Å². The van der Waals surface area contributed by atoms with E-state index in [2.05, 4.69) is 0 Å². The molecular formula is C9H15F2NO4. The topological polar surface area (TPSA) is 78.8 Å². The normalized spacial score (nSPS) is 29.9. The van der Waals surface area contributed by atoms with Gasteiger partial charge in [-0.3, -0.25) is 0 Å². The monoisotopic (exact) mass is 239 g/mol. The van der Waals surface area contributed by atoms with Crippen molar-refractivity contribution in [3.63, 3.8) is 0 Å². The quantitative estimate of drug-likeness (QED) is 0.624. The Morgan fingerprint density at radius 3 is 2.19 bits per heavy atom. The van der Waals surface area contributed by atoms with Gasteiger partial charge in [0.1, 0.15) is 0 Å². The van der Waals surface area contributed by atoms with E-state index in [0.29, 0.717) is 0 Å². The van der Waals surface area contributed by atoms with Gasteiger partial charge in [-0.1, -0.05) is 0 Å². The lowest BCUT2D eigenvalue weighted by Gasteiger charge is -2.26. The molecule has 0 amide bonds. The van der Waals surface area contributed by atoms with Crippen LogP contribution < -0.4 is 5.32 Å². The van der Waals surface area contributed by atoms with Gasteiger partial charge in [-0.25, -0.2) is 18.9 Å². The molecule has 16 heavy (non-hydrogen) atoms. The minimum atomic E-state index is -3.36. The van der Waals surface area contributed by atoms with Crippen molar-refractivity contribution < 1.29 is 28.5 Å². The Morgan fingerprint density at radius 2 is 1.94 bits per heavy atom. The molecule has 0 aromatic carbocycles. The van der Waals surface area contributed by atoms with Crippen molar-refractivity contribution in [1.29, 1.82) is 0 Å². The summed E-state index contributed by atoms with van der Waals surface area (Å²) >= 11 is 0. The molecule has 1 saturated carbocycles. The molecule has 7 heteroatoms. The van der Waals surface area contributed by atoms with Crippen LogP contribution in [0.25, 0.3) is 0 Å². The highest BCUT2D eigenvalue weighted by molar-refractivity contribution is 5.85. The van der Waals surface area contributed by atoms with Gasteiger partial charge in [-0.05, 0) is 20.8 Å². The summed E-state index contributed by atoms with van der Waals surface area (Å²) in [6.45, 7) is 4.82. The Kier molecular flexibility index (Phi) is 3.00. The van der Waals surface area contributed by atoms with Gasteiger partial charge in [-0.15, -0.1) is 0 Å². The lowest BCUT2D eigenvalue weighted by Crippen LogP contribution is -2.52. The molecule has 1 rings (SSSR count). The largest absolute Gasteiger partial charge is 0.480 e. The summed E-state index contributed by atoms with van der Waals surface area (Å²) in [4.78, 5) is 10.7. The summed E-state index contributed by atoms with van der Waals surface area (Å²) in [5, 5.41) is 19.9. The molecule has 1 fully saturated rings. The van der Waals surface area contributed by atoms with Gasteiger partial charge in [0.15, 0.2) is 5.54 Å². The van der Waals surface area contributed by atoms with E-state index < -0.39 is 35.9 Å². The standard InChI is InChI=1S/C9H15F2NO4/c1-7(2,3)16-6(15)12-8(5(13)14)4-9(8,10)11/h6,12,15H,4H2,1-3H3,(H,13,14). The summed E-state index contributed by atoms with van der Waals surface area (Å²) in [7, 11) is 0. The average Bonchev–Trinajstić information content (AvgIpc) is 2.49. The van der Waals surface area contributed by atoms with Crippen LogP contribution in [0.15, 0.2) is 0 Å². The molecule has 0 aromatic heterocycles. The highest BCUT2D eigenvalue weighted by Crippen LogP contribution is 2.53. The van der Waals surface area contributed by atoms with Crippen molar-refractivity contribution in [3.8, 4) is 0 Å². The Labute approximate surface area is 91.4 Å². The van der Waals surface area contributed by atoms with Crippen molar-refractivity contribution in [2.75, 3.05) is 0 Å². The van der Waals surface area contributed by atoms with Crippen LogP contribution in [0.1, 0.15) is 27.2 Å². The summed E-state index contributed by atoms with van der Waals surface area (Å²) in [5.41, 5.74) is -3.17. The minimum Gasteiger partial charge on any atom is -0.480 e. The molecule has 0 radical (unpaired) electrons. The molecule has 2 unspecified atom stereocenters. The molecule has 5 nitrogen and oxygen atoms in total. The number of aliphatic hydroxyl groups excluding tert-OH is 1. The molecule has 0 spiro atoms. The first-order chi connectivity index (χ1) is 7.00. The maximum atomic E-state index is 12.9. The van der Waals surface area contributed by atoms with E-state index >= 15 is 0 Å². The maximum absolute atomic E-state index is 12.9. The van der Waals surface area contributed by atoms with Crippen LogP contribution in [0.5, 0.6) is 0 Å². The molecule has 2 atom stereocenters. The molecule has 0 heterocycles. The zero-order valence-corrected chi connectivity index (χ0v) is 9.25. The third-order valence-electron chi connectivity index (χ3n) is 2.19. The fraction of sp³-hybridized carbons (Fsp3) is 0.889. The van der Waals surface area contributed by atoms with Crippen molar-refractivity contribution >= 4 is 5.97 Å². The van der Waals surface area contributed by atoms with E-state index in [1.54, 1.807) is 20.8 Å². The Bertz CT molecular complexity index is 302. The first kappa shape index (κ1) is 13.3. The predicted octanol–water partition coefficient (Wildman–Crippen LogP) is 0.529. The second kappa shape index (κ2) is 3.61. The fourth-order valence-corrected chi connectivity index (χ4v) is 1.31. The van der Waals surface area contributed by atoms with E-state index in [1.165, 1.54) is 0 Å². The first-order valence-electron chi connectivity index (χ1n) is 4.75. The molecular weight excluding hydrogens is 224 g/mol. The number of nitrogens with one attached hydrogen (secondary N) is 1. The first-order valence-corrected chi connectivity index (χ1v) is 4.75. The third kappa shape index (κ3) is 2.47. The molecule has 3 N–H and O–H groups in total. The van der Waals surface area contributed by atoms with Crippen LogP contribution >= 0.6 is 0 Å². The Hall–Kier alpha value is -0.790. The van der Waals surface area contributed by atoms with Crippen LogP contribution in [0, 0.1) is 0 Å². The molecule has 0 aromatic rings. The molecule has 1 aliphatic carbocycles. The van der Waals surface area contributed by atoms with Gasteiger partial charge >= 0.3 is 5.97 Å². The molecule has 0 saturated heterocycles. The SMILES string of the molecule is CC(C)(C)OC(O)NC1(C(=O)O)CC1(F)F. The number of aliphatic carboxylic acids is 1. The zero-order valence-electron chi connectivity index (χ0n) is 9.25. The van der Waals surface area contributed by atoms with Crippen molar-refractivity contribution in [1.82, 2.24) is 5.32 Å².